The number of imidazole rings is 1. The Balaban J connectivity index is 0.000000487. The predicted molar refractivity (Wildman–Crippen MR) is 84.3 cm³/mol. The van der Waals surface area contributed by atoms with E-state index < -0.39 is 32.4 Å². The molecule has 1 N–H and O–H groups in total. The summed E-state index contributed by atoms with van der Waals surface area (Å²) in [4.78, 5) is 0. The molecule has 2 aromatic rings. The zero-order chi connectivity index (χ0) is 20.5. The number of hydrogen-bond acceptors (Lipinski definition) is 6. The van der Waals surface area contributed by atoms with Gasteiger partial charge < -0.3 is 4.55 Å². The molecule has 14 heteroatoms. The number of aryl methyl sites for hydroxylation is 2. The lowest BCUT2D eigenvalue weighted by atomic mass is 10.3. The molecule has 1 aromatic carbocycles. The molecule has 0 bridgehead atoms. The molecule has 0 fully saturated rings. The maximum absolute atomic E-state index is 13.0. The molecule has 0 aliphatic rings. The molecular weight excluding hydrogens is 403 g/mol. The number of rotatable bonds is 3. The van der Waals surface area contributed by atoms with Crippen molar-refractivity contribution in [2.24, 2.45) is 14.1 Å². The molecule has 0 amide bonds. The molecule has 0 spiro atoms. The number of halogens is 3. The SMILES string of the molecule is COS(=O)(=O)[O-].Cn1c(C(F)(F)F)[n+](C)c2ccc(NS(C)(=O)=O)cc21. The van der Waals surface area contributed by atoms with Crippen molar-refractivity contribution in [2.75, 3.05) is 18.1 Å². The lowest BCUT2D eigenvalue weighted by Crippen LogP contribution is -2.37. The molecule has 0 aliphatic heterocycles. The van der Waals surface area contributed by atoms with Gasteiger partial charge in [-0.15, -0.1) is 0 Å². The third kappa shape index (κ3) is 5.82. The molecule has 1 heterocycles. The molecule has 1 aromatic heterocycles. The minimum Gasteiger partial charge on any atom is -0.726 e. The Bertz CT molecular complexity index is 1010. The van der Waals surface area contributed by atoms with Crippen LogP contribution in [0.15, 0.2) is 18.2 Å². The van der Waals surface area contributed by atoms with Crippen molar-refractivity contribution in [3.8, 4) is 0 Å². The number of hydrogen-bond donors (Lipinski definition) is 1. The van der Waals surface area contributed by atoms with Crippen molar-refractivity contribution in [1.82, 2.24) is 4.57 Å². The highest BCUT2D eigenvalue weighted by Crippen LogP contribution is 2.30. The summed E-state index contributed by atoms with van der Waals surface area (Å²) in [7, 11) is -4.48. The average molecular weight is 419 g/mol. The highest BCUT2D eigenvalue weighted by atomic mass is 32.3. The summed E-state index contributed by atoms with van der Waals surface area (Å²) >= 11 is 0. The van der Waals surface area contributed by atoms with Crippen LogP contribution in [0.4, 0.5) is 18.9 Å². The Morgan fingerprint density at radius 2 is 1.73 bits per heavy atom. The molecule has 26 heavy (non-hydrogen) atoms. The van der Waals surface area contributed by atoms with Gasteiger partial charge in [-0.3, -0.25) is 8.91 Å². The summed E-state index contributed by atoms with van der Waals surface area (Å²) in [6, 6.07) is 4.23. The monoisotopic (exact) mass is 419 g/mol. The molecule has 0 unspecified atom stereocenters. The number of anilines is 1. The topological polar surface area (TPSA) is 121 Å². The molecule has 0 radical (unpaired) electrons. The first-order chi connectivity index (χ1) is 11.6. The van der Waals surface area contributed by atoms with E-state index >= 15 is 0 Å². The zero-order valence-corrected chi connectivity index (χ0v) is 15.7. The number of nitrogens with one attached hydrogen (secondary N) is 1. The maximum atomic E-state index is 13.0. The van der Waals surface area contributed by atoms with Gasteiger partial charge in [-0.2, -0.15) is 13.2 Å². The van der Waals surface area contributed by atoms with Gasteiger partial charge >= 0.3 is 12.0 Å². The fourth-order valence-electron chi connectivity index (χ4n) is 2.19. The molecule has 2 rings (SSSR count). The van der Waals surface area contributed by atoms with E-state index in [1.54, 1.807) is 0 Å². The zero-order valence-electron chi connectivity index (χ0n) is 14.0. The maximum Gasteiger partial charge on any atom is 0.495 e. The van der Waals surface area contributed by atoms with Crippen LogP contribution in [0, 0.1) is 0 Å². The number of aromatic nitrogens is 2. The molecular formula is C12H16F3N3O6S2. The molecule has 9 nitrogen and oxygen atoms in total. The van der Waals surface area contributed by atoms with E-state index in [0.717, 1.165) is 22.5 Å². The van der Waals surface area contributed by atoms with Gasteiger partial charge in [0, 0.05) is 6.07 Å². The second kappa shape index (κ2) is 7.38. The number of fused-ring (bicyclic) bond motifs is 1. The molecule has 148 valence electrons. The Morgan fingerprint density at radius 3 is 2.12 bits per heavy atom. The smallest absolute Gasteiger partial charge is 0.495 e. The number of nitrogens with zero attached hydrogens (tertiary/aromatic N) is 2. The normalized spacial score (nSPS) is 12.6. The quantitative estimate of drug-likeness (QED) is 0.439. The van der Waals surface area contributed by atoms with E-state index in [0.29, 0.717) is 5.52 Å². The third-order valence-electron chi connectivity index (χ3n) is 3.09. The summed E-state index contributed by atoms with van der Waals surface area (Å²) in [6.45, 7) is 0. The van der Waals surface area contributed by atoms with Crippen LogP contribution in [0.1, 0.15) is 5.82 Å². The first-order valence-corrected chi connectivity index (χ1v) is 9.84. The van der Waals surface area contributed by atoms with Crippen molar-refractivity contribution < 1.29 is 43.3 Å². The van der Waals surface area contributed by atoms with Gasteiger partial charge in [-0.1, -0.05) is 0 Å². The van der Waals surface area contributed by atoms with Crippen LogP contribution in [-0.2, 0) is 44.9 Å². The lowest BCUT2D eigenvalue weighted by molar-refractivity contribution is -0.667. The van der Waals surface area contributed by atoms with Crippen LogP contribution in [0.5, 0.6) is 0 Å². The van der Waals surface area contributed by atoms with Crippen LogP contribution in [0.25, 0.3) is 11.0 Å². The van der Waals surface area contributed by atoms with E-state index in [4.69, 9.17) is 0 Å². The number of sulfonamides is 1. The van der Waals surface area contributed by atoms with Gasteiger partial charge in [0.25, 0.3) is 0 Å². The second-order valence-corrected chi connectivity index (χ2v) is 7.99. The fourth-order valence-corrected chi connectivity index (χ4v) is 2.74. The minimum atomic E-state index is -4.49. The Hall–Kier alpha value is -1.90. The Morgan fingerprint density at radius 1 is 1.23 bits per heavy atom. The first-order valence-electron chi connectivity index (χ1n) is 6.61. The summed E-state index contributed by atoms with van der Waals surface area (Å²) in [5, 5.41) is 0. The molecule has 0 atom stereocenters. The van der Waals surface area contributed by atoms with Gasteiger partial charge in [-0.25, -0.2) is 26.0 Å². The van der Waals surface area contributed by atoms with E-state index in [1.165, 1.54) is 32.3 Å². The van der Waals surface area contributed by atoms with Crippen molar-refractivity contribution in [3.05, 3.63) is 24.0 Å². The van der Waals surface area contributed by atoms with Crippen LogP contribution < -0.4 is 9.29 Å². The third-order valence-corrected chi connectivity index (χ3v) is 4.11. The highest BCUT2D eigenvalue weighted by molar-refractivity contribution is 7.92. The van der Waals surface area contributed by atoms with Crippen molar-refractivity contribution in [1.29, 1.82) is 0 Å². The highest BCUT2D eigenvalue weighted by Gasteiger charge is 2.45. The summed E-state index contributed by atoms with van der Waals surface area (Å²) < 4.78 is 96.5. The summed E-state index contributed by atoms with van der Waals surface area (Å²) in [5.41, 5.74) is 0.863. The number of benzene rings is 1. The number of alkyl halides is 3. The minimum absolute atomic E-state index is 0.218. The molecule has 0 saturated heterocycles. The molecule has 0 saturated carbocycles. The van der Waals surface area contributed by atoms with Gasteiger partial charge in [0.1, 0.15) is 0 Å². The molecule has 0 aliphatic carbocycles. The van der Waals surface area contributed by atoms with Crippen molar-refractivity contribution in [3.63, 3.8) is 0 Å². The second-order valence-electron chi connectivity index (χ2n) is 5.09. The predicted octanol–water partition coefficient (Wildman–Crippen LogP) is 0.486. The van der Waals surface area contributed by atoms with Crippen LogP contribution >= 0.6 is 0 Å². The van der Waals surface area contributed by atoms with E-state index in [-0.39, 0.29) is 11.2 Å². The van der Waals surface area contributed by atoms with Gasteiger partial charge in [0.15, 0.2) is 11.0 Å². The van der Waals surface area contributed by atoms with Crippen LogP contribution in [0.2, 0.25) is 0 Å². The fraction of sp³-hybridized carbons (Fsp3) is 0.417. The average Bonchev–Trinajstić information content (AvgIpc) is 2.68. The Kier molecular flexibility index (Phi) is 6.28. The lowest BCUT2D eigenvalue weighted by Gasteiger charge is -2.02. The van der Waals surface area contributed by atoms with Gasteiger partial charge in [-0.05, 0) is 12.1 Å². The first kappa shape index (κ1) is 22.1. The van der Waals surface area contributed by atoms with Gasteiger partial charge in [0.05, 0.1) is 33.1 Å². The van der Waals surface area contributed by atoms with Crippen molar-refractivity contribution in [2.45, 2.75) is 6.18 Å². The summed E-state index contributed by atoms with van der Waals surface area (Å²) in [5.74, 6) is -0.816. The summed E-state index contributed by atoms with van der Waals surface area (Å²) in [6.07, 6.45) is -3.52. The van der Waals surface area contributed by atoms with E-state index in [1.807, 2.05) is 0 Å². The van der Waals surface area contributed by atoms with Crippen LogP contribution in [0.3, 0.4) is 0 Å². The standard InChI is InChI=1S/C11H13F3N3O2S.CH4O4S/c1-16-8-5-4-7(15-20(3,18)19)6-9(8)17(2)10(16)11(12,13)14;1-5-6(2,3)4/h4-6,15H,1-3H3;1H3,(H,2,3,4)/q+1;/p-1. The van der Waals surface area contributed by atoms with E-state index in [9.17, 15) is 34.6 Å². The Labute approximate surface area is 148 Å². The largest absolute Gasteiger partial charge is 0.726 e. The van der Waals surface area contributed by atoms with Crippen molar-refractivity contribution >= 4 is 37.1 Å². The van der Waals surface area contributed by atoms with E-state index in [2.05, 4.69) is 8.91 Å². The van der Waals surface area contributed by atoms with Gasteiger partial charge in [0.2, 0.25) is 20.4 Å². The van der Waals surface area contributed by atoms with Crippen LogP contribution in [-0.4, -0.2) is 39.3 Å².